The molecule has 0 amide bonds. The lowest BCUT2D eigenvalue weighted by molar-refractivity contribution is 0.477. The van der Waals surface area contributed by atoms with E-state index in [9.17, 15) is 0 Å². The highest BCUT2D eigenvalue weighted by molar-refractivity contribution is 6.26. The van der Waals surface area contributed by atoms with Crippen LogP contribution in [0.3, 0.4) is 0 Å². The Balaban J connectivity index is 1.23. The van der Waals surface area contributed by atoms with Crippen molar-refractivity contribution in [1.29, 1.82) is 0 Å². The van der Waals surface area contributed by atoms with Crippen LogP contribution in [0.1, 0.15) is 0 Å². The summed E-state index contributed by atoms with van der Waals surface area (Å²) < 4.78 is 19.7. The number of anilines is 9. The van der Waals surface area contributed by atoms with Crippen LogP contribution in [0.2, 0.25) is 0 Å². The first kappa shape index (κ1) is 31.1. The molecule has 0 spiro atoms. The second-order valence-corrected chi connectivity index (χ2v) is 14.5. The van der Waals surface area contributed by atoms with Crippen LogP contribution in [-0.2, 0) is 0 Å². The minimum Gasteiger partial charge on any atom is -0.453 e. The zero-order chi connectivity index (χ0) is 37.9. The molecule has 4 heterocycles. The van der Waals surface area contributed by atoms with Crippen molar-refractivity contribution in [3.63, 3.8) is 0 Å². The van der Waals surface area contributed by atoms with Crippen LogP contribution in [0.5, 0.6) is 34.5 Å². The van der Waals surface area contributed by atoms with Gasteiger partial charge in [0.15, 0.2) is 34.5 Å². The number of rotatable bonds is 3. The highest BCUT2D eigenvalue weighted by atomic mass is 16.5. The van der Waals surface area contributed by atoms with Gasteiger partial charge in [0.2, 0.25) is 0 Å². The summed E-state index contributed by atoms with van der Waals surface area (Å²) in [6.07, 6.45) is 3.58. The Labute approximate surface area is 333 Å². The number of ether oxygens (including phenoxy) is 3. The summed E-state index contributed by atoms with van der Waals surface area (Å²) >= 11 is 0. The van der Waals surface area contributed by atoms with Crippen molar-refractivity contribution in [3.8, 4) is 57.0 Å². The average molecular weight is 748 g/mol. The highest BCUT2D eigenvalue weighted by Crippen LogP contribution is 2.63. The first-order chi connectivity index (χ1) is 28.8. The third-order valence-corrected chi connectivity index (χ3v) is 11.4. The quantitative estimate of drug-likeness (QED) is 0.177. The Hall–Kier alpha value is -8.10. The molecule has 0 saturated carbocycles. The maximum absolute atomic E-state index is 6.62. The fourth-order valence-electron chi connectivity index (χ4n) is 9.10. The number of fused-ring (bicyclic) bond motifs is 9. The van der Waals surface area contributed by atoms with E-state index in [-0.39, 0.29) is 0 Å². The van der Waals surface area contributed by atoms with Gasteiger partial charge in [0.05, 0.1) is 62.6 Å². The molecule has 0 atom stereocenters. The molecule has 8 nitrogen and oxygen atoms in total. The summed E-state index contributed by atoms with van der Waals surface area (Å²) in [6, 6.07) is 56.2. The molecule has 1 aromatic heterocycles. The Morgan fingerprint density at radius 3 is 1.10 bits per heavy atom. The normalized spacial score (nSPS) is 13.5. The number of benzene rings is 8. The van der Waals surface area contributed by atoms with Gasteiger partial charge in [-0.2, -0.15) is 0 Å². The van der Waals surface area contributed by atoms with Gasteiger partial charge in [-0.25, -0.2) is 0 Å². The van der Waals surface area contributed by atoms with Gasteiger partial charge in [-0.15, -0.1) is 0 Å². The predicted octanol–water partition coefficient (Wildman–Crippen LogP) is 14.0. The van der Waals surface area contributed by atoms with E-state index in [0.29, 0.717) is 0 Å². The maximum atomic E-state index is 6.62. The number of nitrogens with zero attached hydrogens (tertiary/aromatic N) is 5. The van der Waals surface area contributed by atoms with Gasteiger partial charge >= 0.3 is 0 Å². The zero-order valence-electron chi connectivity index (χ0n) is 30.7. The molecule has 13 rings (SSSR count). The van der Waals surface area contributed by atoms with Gasteiger partial charge < -0.3 is 28.9 Å². The van der Waals surface area contributed by atoms with E-state index in [1.807, 2.05) is 72.8 Å². The third kappa shape index (κ3) is 4.23. The van der Waals surface area contributed by atoms with Crippen LogP contribution in [-0.4, -0.2) is 9.97 Å². The Bertz CT molecular complexity index is 3080. The summed E-state index contributed by atoms with van der Waals surface area (Å²) in [5, 5.41) is 2.08. The van der Waals surface area contributed by atoms with Gasteiger partial charge in [-0.3, -0.25) is 9.97 Å². The van der Waals surface area contributed by atoms with Crippen molar-refractivity contribution >= 4 is 62.0 Å². The SMILES string of the molecule is c1ccc2c(c1)Oc1ccccc1N2c1cc(N2c3ccccc3Oc3ccccc32)c2c(N3c4ccccc4Oc4ccccc43)ccc3c2c1-c1nccnc1-3. The van der Waals surface area contributed by atoms with Crippen LogP contribution in [0.25, 0.3) is 33.3 Å². The topological polar surface area (TPSA) is 63.2 Å². The predicted molar refractivity (Wildman–Crippen MR) is 228 cm³/mol. The Morgan fingerprint density at radius 1 is 0.310 bits per heavy atom. The molecule has 3 aliphatic heterocycles. The van der Waals surface area contributed by atoms with Crippen molar-refractivity contribution < 1.29 is 14.2 Å². The molecule has 0 radical (unpaired) electrons. The summed E-state index contributed by atoms with van der Waals surface area (Å²) in [5.41, 5.74) is 12.2. The molecule has 9 aromatic rings. The molecular weight excluding hydrogens is 719 g/mol. The van der Waals surface area contributed by atoms with Crippen LogP contribution < -0.4 is 28.9 Å². The molecule has 0 unspecified atom stereocenters. The lowest BCUT2D eigenvalue weighted by atomic mass is 9.94. The second-order valence-electron chi connectivity index (χ2n) is 14.5. The molecule has 8 heteroatoms. The standard InChI is InChI=1S/C50H29N5O3/c1-7-19-40-31(13-1)53(32-14-2-8-20-41(32)56-40)37-26-25-30-46-47(37)38(54-33-15-3-9-21-42(33)57-43-22-10-4-16-34(43)54)29-39(48(46)50-49(30)51-27-28-52-50)55-35-17-5-11-23-44(35)58-45-24-12-6-18-36(45)55/h1-29H. The summed E-state index contributed by atoms with van der Waals surface area (Å²) in [7, 11) is 0. The first-order valence-corrected chi connectivity index (χ1v) is 19.2. The van der Waals surface area contributed by atoms with E-state index in [0.717, 1.165) is 119 Å². The van der Waals surface area contributed by atoms with Crippen molar-refractivity contribution in [2.45, 2.75) is 0 Å². The summed E-state index contributed by atoms with van der Waals surface area (Å²) in [6.45, 7) is 0. The van der Waals surface area contributed by atoms with Crippen molar-refractivity contribution in [3.05, 3.63) is 176 Å². The summed E-state index contributed by atoms with van der Waals surface area (Å²) in [5.74, 6) is 4.63. The van der Waals surface area contributed by atoms with Crippen molar-refractivity contribution in [2.24, 2.45) is 0 Å². The molecule has 58 heavy (non-hydrogen) atoms. The third-order valence-electron chi connectivity index (χ3n) is 11.4. The number of para-hydroxylation sites is 12. The van der Waals surface area contributed by atoms with Crippen molar-refractivity contribution in [2.75, 3.05) is 14.7 Å². The van der Waals surface area contributed by atoms with Crippen LogP contribution in [0.4, 0.5) is 51.2 Å². The highest BCUT2D eigenvalue weighted by Gasteiger charge is 2.39. The summed E-state index contributed by atoms with van der Waals surface area (Å²) in [4.78, 5) is 17.1. The van der Waals surface area contributed by atoms with E-state index < -0.39 is 0 Å². The monoisotopic (exact) mass is 747 g/mol. The van der Waals surface area contributed by atoms with Gasteiger partial charge in [0.25, 0.3) is 0 Å². The molecule has 8 aromatic carbocycles. The molecule has 0 fully saturated rings. The van der Waals surface area contributed by atoms with Crippen LogP contribution >= 0.6 is 0 Å². The number of hydrogen-bond donors (Lipinski definition) is 0. The zero-order valence-corrected chi connectivity index (χ0v) is 30.7. The maximum Gasteiger partial charge on any atom is 0.151 e. The van der Waals surface area contributed by atoms with Crippen molar-refractivity contribution in [1.82, 2.24) is 9.97 Å². The van der Waals surface area contributed by atoms with Gasteiger partial charge in [-0.05, 0) is 91.0 Å². The second kappa shape index (κ2) is 11.7. The molecule has 1 aliphatic carbocycles. The molecule has 0 N–H and O–H groups in total. The van der Waals surface area contributed by atoms with Gasteiger partial charge in [0.1, 0.15) is 0 Å². The lowest BCUT2D eigenvalue weighted by Crippen LogP contribution is -2.20. The molecule has 0 bridgehead atoms. The molecule has 0 saturated heterocycles. The molecule has 272 valence electrons. The lowest BCUT2D eigenvalue weighted by Gasteiger charge is -2.38. The molecule has 4 aliphatic rings. The smallest absolute Gasteiger partial charge is 0.151 e. The minimum absolute atomic E-state index is 0.767. The Morgan fingerprint density at radius 2 is 0.672 bits per heavy atom. The minimum atomic E-state index is 0.767. The number of hydrogen-bond acceptors (Lipinski definition) is 8. The van der Waals surface area contributed by atoms with Gasteiger partial charge in [-0.1, -0.05) is 72.8 Å². The van der Waals surface area contributed by atoms with E-state index >= 15 is 0 Å². The van der Waals surface area contributed by atoms with Gasteiger partial charge in [0, 0.05) is 34.3 Å². The largest absolute Gasteiger partial charge is 0.453 e. The molecular formula is C50H29N5O3. The van der Waals surface area contributed by atoms with E-state index in [1.165, 1.54) is 0 Å². The Kier molecular flexibility index (Phi) is 6.29. The first-order valence-electron chi connectivity index (χ1n) is 19.2. The van der Waals surface area contributed by atoms with E-state index in [2.05, 4.69) is 106 Å². The van der Waals surface area contributed by atoms with E-state index in [1.54, 1.807) is 12.4 Å². The number of aromatic nitrogens is 2. The van der Waals surface area contributed by atoms with Crippen LogP contribution in [0.15, 0.2) is 176 Å². The average Bonchev–Trinajstić information content (AvgIpc) is 3.62. The fourth-order valence-corrected chi connectivity index (χ4v) is 9.10. The van der Waals surface area contributed by atoms with E-state index in [4.69, 9.17) is 24.2 Å². The fraction of sp³-hybridized carbons (Fsp3) is 0. The van der Waals surface area contributed by atoms with Crippen LogP contribution in [0, 0.1) is 0 Å².